The highest BCUT2D eigenvalue weighted by molar-refractivity contribution is 8.00. The minimum absolute atomic E-state index is 0.0436. The third-order valence-electron chi connectivity index (χ3n) is 4.71. The molecular formula is C20H21N3O2S. The second kappa shape index (κ2) is 7.79. The van der Waals surface area contributed by atoms with Crippen LogP contribution in [-0.2, 0) is 4.79 Å². The van der Waals surface area contributed by atoms with Crippen molar-refractivity contribution in [3.63, 3.8) is 0 Å². The van der Waals surface area contributed by atoms with E-state index in [9.17, 15) is 10.1 Å². The van der Waals surface area contributed by atoms with Crippen molar-refractivity contribution in [2.45, 2.75) is 38.3 Å². The lowest BCUT2D eigenvalue weighted by Gasteiger charge is -2.26. The van der Waals surface area contributed by atoms with Gasteiger partial charge in [0, 0.05) is 17.7 Å². The summed E-state index contributed by atoms with van der Waals surface area (Å²) in [5.74, 6) is 0.983. The van der Waals surface area contributed by atoms with E-state index in [2.05, 4.69) is 16.4 Å². The summed E-state index contributed by atoms with van der Waals surface area (Å²) in [6, 6.07) is 9.95. The van der Waals surface area contributed by atoms with Crippen molar-refractivity contribution in [3.05, 3.63) is 52.2 Å². The van der Waals surface area contributed by atoms with Crippen LogP contribution in [0.5, 0.6) is 5.75 Å². The molecule has 0 bridgehead atoms. The van der Waals surface area contributed by atoms with Crippen molar-refractivity contribution < 1.29 is 9.53 Å². The van der Waals surface area contributed by atoms with Crippen LogP contribution in [0.4, 0.5) is 0 Å². The van der Waals surface area contributed by atoms with E-state index in [4.69, 9.17) is 4.74 Å². The number of hydrogen-bond donors (Lipinski definition) is 1. The van der Waals surface area contributed by atoms with Crippen LogP contribution in [0.25, 0.3) is 0 Å². The predicted molar refractivity (Wildman–Crippen MR) is 101 cm³/mol. The molecule has 0 radical (unpaired) electrons. The molecular weight excluding hydrogens is 346 g/mol. The van der Waals surface area contributed by atoms with Crippen molar-refractivity contribution >= 4 is 17.7 Å². The monoisotopic (exact) mass is 367 g/mol. The summed E-state index contributed by atoms with van der Waals surface area (Å²) < 4.78 is 5.63. The molecule has 2 heterocycles. The Bertz CT molecular complexity index is 889. The first-order valence-corrected chi connectivity index (χ1v) is 9.51. The van der Waals surface area contributed by atoms with E-state index in [0.29, 0.717) is 17.2 Å². The number of para-hydroxylation sites is 1. The van der Waals surface area contributed by atoms with E-state index in [-0.39, 0.29) is 17.7 Å². The summed E-state index contributed by atoms with van der Waals surface area (Å²) in [7, 11) is 0. The first-order chi connectivity index (χ1) is 12.5. The van der Waals surface area contributed by atoms with Gasteiger partial charge >= 0.3 is 0 Å². The van der Waals surface area contributed by atoms with E-state index in [1.807, 2.05) is 45.0 Å². The number of aryl methyl sites for hydroxylation is 1. The molecule has 1 atom stereocenters. The first-order valence-electron chi connectivity index (χ1n) is 8.53. The molecule has 5 nitrogen and oxygen atoms in total. The summed E-state index contributed by atoms with van der Waals surface area (Å²) in [4.78, 5) is 16.9. The van der Waals surface area contributed by atoms with E-state index in [0.717, 1.165) is 34.6 Å². The molecule has 1 N–H and O–H groups in total. The van der Waals surface area contributed by atoms with Gasteiger partial charge in [0.2, 0.25) is 5.91 Å². The number of hydrogen-bond acceptors (Lipinski definition) is 5. The molecule has 0 unspecified atom stereocenters. The van der Waals surface area contributed by atoms with Crippen molar-refractivity contribution in [1.82, 2.24) is 10.3 Å². The minimum atomic E-state index is -0.0710. The Balaban J connectivity index is 1.69. The van der Waals surface area contributed by atoms with Crippen LogP contribution in [0.2, 0.25) is 0 Å². The van der Waals surface area contributed by atoms with Gasteiger partial charge in [0.15, 0.2) is 0 Å². The standard InChI is InChI=1S/C20H21N3O2S/c1-12-13(2)16(10-21)20(22-14(12)3)26-11-19(24)23-17-8-9-25-18-7-5-4-6-15(17)18/h4-7,17H,8-9,11H2,1-3H3,(H,23,24)/t17-/m0/s1. The van der Waals surface area contributed by atoms with Crippen molar-refractivity contribution in [1.29, 1.82) is 5.26 Å². The normalized spacial score (nSPS) is 15.5. The molecule has 1 aliphatic heterocycles. The average molecular weight is 367 g/mol. The van der Waals surface area contributed by atoms with Gasteiger partial charge in [-0.2, -0.15) is 5.26 Å². The van der Waals surface area contributed by atoms with Crippen molar-refractivity contribution in [3.8, 4) is 11.8 Å². The molecule has 1 aliphatic rings. The van der Waals surface area contributed by atoms with Crippen LogP contribution >= 0.6 is 11.8 Å². The number of fused-ring (bicyclic) bond motifs is 1. The average Bonchev–Trinajstić information content (AvgIpc) is 2.65. The Morgan fingerprint density at radius 1 is 1.35 bits per heavy atom. The van der Waals surface area contributed by atoms with Crippen LogP contribution in [0.15, 0.2) is 29.3 Å². The van der Waals surface area contributed by atoms with Crippen LogP contribution < -0.4 is 10.1 Å². The number of pyridine rings is 1. The van der Waals surface area contributed by atoms with Gasteiger partial charge in [-0.1, -0.05) is 30.0 Å². The number of rotatable bonds is 4. The lowest BCUT2D eigenvalue weighted by atomic mass is 10.0. The van der Waals surface area contributed by atoms with E-state index in [1.165, 1.54) is 11.8 Å². The zero-order chi connectivity index (χ0) is 18.7. The molecule has 1 aromatic heterocycles. The van der Waals surface area contributed by atoms with E-state index >= 15 is 0 Å². The Kier molecular flexibility index (Phi) is 5.48. The summed E-state index contributed by atoms with van der Waals surface area (Å²) >= 11 is 1.31. The fraction of sp³-hybridized carbons (Fsp3) is 0.350. The largest absolute Gasteiger partial charge is 0.493 e. The number of nitrogens with one attached hydrogen (secondary N) is 1. The smallest absolute Gasteiger partial charge is 0.230 e. The highest BCUT2D eigenvalue weighted by Crippen LogP contribution is 2.32. The summed E-state index contributed by atoms with van der Waals surface area (Å²) in [6.45, 7) is 6.39. The van der Waals surface area contributed by atoms with Gasteiger partial charge in [0.25, 0.3) is 0 Å². The Labute approximate surface area is 157 Å². The molecule has 1 amide bonds. The molecule has 3 rings (SSSR count). The first kappa shape index (κ1) is 18.3. The molecule has 0 spiro atoms. The number of carbonyl (C=O) groups is 1. The lowest BCUT2D eigenvalue weighted by molar-refractivity contribution is -0.119. The van der Waals surface area contributed by atoms with Crippen LogP contribution in [0, 0.1) is 32.1 Å². The zero-order valence-corrected chi connectivity index (χ0v) is 15.9. The number of ether oxygens (including phenoxy) is 1. The maximum atomic E-state index is 12.4. The van der Waals surface area contributed by atoms with Gasteiger partial charge in [-0.3, -0.25) is 4.79 Å². The second-order valence-electron chi connectivity index (χ2n) is 6.32. The number of amides is 1. The van der Waals surface area contributed by atoms with Crippen molar-refractivity contribution in [2.75, 3.05) is 12.4 Å². The molecule has 0 aliphatic carbocycles. The van der Waals surface area contributed by atoms with Crippen LogP contribution in [-0.4, -0.2) is 23.3 Å². The fourth-order valence-electron chi connectivity index (χ4n) is 3.01. The molecule has 6 heteroatoms. The summed E-state index contributed by atoms with van der Waals surface area (Å²) in [6.07, 6.45) is 0.748. The van der Waals surface area contributed by atoms with Gasteiger partial charge < -0.3 is 10.1 Å². The quantitative estimate of drug-likeness (QED) is 0.836. The zero-order valence-electron chi connectivity index (χ0n) is 15.1. The molecule has 0 saturated carbocycles. The van der Waals surface area contributed by atoms with Gasteiger partial charge in [-0.25, -0.2) is 4.98 Å². The van der Waals surface area contributed by atoms with E-state index in [1.54, 1.807) is 0 Å². The van der Waals surface area contributed by atoms with E-state index < -0.39 is 0 Å². The molecule has 2 aromatic rings. The third kappa shape index (κ3) is 3.68. The molecule has 0 fully saturated rings. The molecule has 0 saturated heterocycles. The maximum Gasteiger partial charge on any atom is 0.230 e. The summed E-state index contributed by atoms with van der Waals surface area (Å²) in [5, 5.41) is 13.1. The second-order valence-corrected chi connectivity index (χ2v) is 7.29. The Hall–Kier alpha value is -2.52. The summed E-state index contributed by atoms with van der Waals surface area (Å²) in [5.41, 5.74) is 4.41. The highest BCUT2D eigenvalue weighted by atomic mass is 32.2. The lowest BCUT2D eigenvalue weighted by Crippen LogP contribution is -2.33. The third-order valence-corrected chi connectivity index (χ3v) is 5.68. The number of thioether (sulfide) groups is 1. The Morgan fingerprint density at radius 2 is 2.12 bits per heavy atom. The van der Waals surface area contributed by atoms with Gasteiger partial charge in [-0.15, -0.1) is 0 Å². The molecule has 134 valence electrons. The number of benzene rings is 1. The molecule has 26 heavy (non-hydrogen) atoms. The SMILES string of the molecule is Cc1nc(SCC(=O)N[C@H]2CCOc3ccccc32)c(C#N)c(C)c1C. The number of carbonyl (C=O) groups excluding carboxylic acids is 1. The number of nitriles is 1. The Morgan fingerprint density at radius 3 is 2.88 bits per heavy atom. The number of aromatic nitrogens is 1. The number of nitrogens with zero attached hydrogens (tertiary/aromatic N) is 2. The fourth-order valence-corrected chi connectivity index (χ4v) is 3.91. The van der Waals surface area contributed by atoms with Crippen LogP contribution in [0.1, 0.15) is 40.4 Å². The molecule has 1 aromatic carbocycles. The van der Waals surface area contributed by atoms with Crippen LogP contribution in [0.3, 0.4) is 0 Å². The highest BCUT2D eigenvalue weighted by Gasteiger charge is 2.23. The van der Waals surface area contributed by atoms with Gasteiger partial charge in [-0.05, 0) is 38.0 Å². The predicted octanol–water partition coefficient (Wildman–Crippen LogP) is 3.61. The van der Waals surface area contributed by atoms with Gasteiger partial charge in [0.1, 0.15) is 16.8 Å². The minimum Gasteiger partial charge on any atom is -0.493 e. The van der Waals surface area contributed by atoms with Crippen molar-refractivity contribution in [2.24, 2.45) is 0 Å². The maximum absolute atomic E-state index is 12.4. The topological polar surface area (TPSA) is 75.0 Å². The van der Waals surface area contributed by atoms with Gasteiger partial charge in [0.05, 0.1) is 24.0 Å².